The average Bonchev–Trinajstić information content (AvgIpc) is 2.88. The van der Waals surface area contributed by atoms with Crippen molar-refractivity contribution in [3.63, 3.8) is 0 Å². The maximum Gasteiger partial charge on any atom is 0.213 e. The van der Waals surface area contributed by atoms with E-state index in [0.717, 1.165) is 42.5 Å². The second-order valence-corrected chi connectivity index (χ2v) is 7.62. The monoisotopic (exact) mass is 428 g/mol. The van der Waals surface area contributed by atoms with Crippen LogP contribution in [0, 0.1) is 0 Å². The van der Waals surface area contributed by atoms with Gasteiger partial charge in [-0.2, -0.15) is 0 Å². The molecule has 7 heteroatoms. The van der Waals surface area contributed by atoms with Crippen LogP contribution in [0.5, 0.6) is 5.88 Å². The lowest BCUT2D eigenvalue weighted by Crippen LogP contribution is -2.51. The molecule has 0 radical (unpaired) electrons. The molecule has 1 aliphatic heterocycles. The molecule has 2 atom stereocenters. The van der Waals surface area contributed by atoms with Gasteiger partial charge < -0.3 is 15.6 Å². The molecule has 6 nitrogen and oxygen atoms in total. The van der Waals surface area contributed by atoms with Crippen molar-refractivity contribution in [2.75, 3.05) is 26.7 Å². The van der Waals surface area contributed by atoms with Crippen molar-refractivity contribution in [2.24, 2.45) is 5.73 Å². The van der Waals surface area contributed by atoms with Crippen molar-refractivity contribution in [3.8, 4) is 5.88 Å². The van der Waals surface area contributed by atoms with E-state index in [1.54, 1.807) is 7.11 Å². The molecule has 2 aromatic heterocycles. The molecule has 1 fully saturated rings. The third kappa shape index (κ3) is 3.15. The topological polar surface area (TPSA) is 84.5 Å². The highest BCUT2D eigenvalue weighted by Crippen LogP contribution is 2.35. The van der Waals surface area contributed by atoms with Crippen LogP contribution in [0.1, 0.15) is 12.0 Å². The zero-order valence-electron chi connectivity index (χ0n) is 13.1. The van der Waals surface area contributed by atoms with Crippen molar-refractivity contribution in [2.45, 2.75) is 22.5 Å². The highest BCUT2D eigenvalue weighted by molar-refractivity contribution is 14.1. The van der Waals surface area contributed by atoms with Crippen LogP contribution in [-0.2, 0) is 6.42 Å². The molecular weight excluding hydrogens is 407 g/mol. The number of fused-ring (bicyclic) bond motifs is 1. The van der Waals surface area contributed by atoms with Gasteiger partial charge >= 0.3 is 0 Å². The molecule has 1 aliphatic rings. The SMILES string of the molecule is COc1ccc2nccc(CCN3CCC(O)C3(I)CN)c2n1. The van der Waals surface area contributed by atoms with E-state index in [4.69, 9.17) is 10.5 Å². The minimum absolute atomic E-state index is 0.369. The van der Waals surface area contributed by atoms with Crippen molar-refractivity contribution >= 4 is 33.6 Å². The van der Waals surface area contributed by atoms with Gasteiger partial charge in [0, 0.05) is 31.9 Å². The predicted molar refractivity (Wildman–Crippen MR) is 97.8 cm³/mol. The number of aliphatic hydroxyl groups excluding tert-OH is 1. The number of hydrogen-bond donors (Lipinski definition) is 2. The first-order valence-electron chi connectivity index (χ1n) is 7.69. The van der Waals surface area contributed by atoms with E-state index < -0.39 is 0 Å². The Bertz CT molecular complexity index is 699. The number of alkyl halides is 1. The number of likely N-dealkylation sites (tertiary alicyclic amines) is 1. The molecule has 0 aliphatic carbocycles. The summed E-state index contributed by atoms with van der Waals surface area (Å²) in [6.45, 7) is 2.13. The molecule has 0 bridgehead atoms. The van der Waals surface area contributed by atoms with Gasteiger partial charge in [-0.3, -0.25) is 9.88 Å². The van der Waals surface area contributed by atoms with Crippen LogP contribution in [-0.4, -0.2) is 56.4 Å². The van der Waals surface area contributed by atoms with Gasteiger partial charge in [0.1, 0.15) is 3.55 Å². The van der Waals surface area contributed by atoms with Gasteiger partial charge in [-0.1, -0.05) is 22.6 Å². The standard InChI is InChI=1S/C16H21IN4O2/c1-23-14-3-2-12-15(20-14)11(4-7-19-12)5-8-21-9-6-13(22)16(21,17)10-18/h2-4,7,13,22H,5-6,8-10,18H2,1H3. The number of nitrogens with two attached hydrogens (primary N) is 1. The third-order valence-corrected chi connectivity index (χ3v) is 6.34. The van der Waals surface area contributed by atoms with E-state index in [2.05, 4.69) is 37.5 Å². The smallest absolute Gasteiger partial charge is 0.213 e. The number of nitrogens with zero attached hydrogens (tertiary/aromatic N) is 3. The van der Waals surface area contributed by atoms with E-state index in [9.17, 15) is 5.11 Å². The maximum atomic E-state index is 10.2. The summed E-state index contributed by atoms with van der Waals surface area (Å²) in [6.07, 6.45) is 3.03. The number of aromatic nitrogens is 2. The lowest BCUT2D eigenvalue weighted by atomic mass is 10.1. The number of pyridine rings is 2. The fourth-order valence-corrected chi connectivity index (χ4v) is 3.88. The van der Waals surface area contributed by atoms with Gasteiger partial charge in [-0.15, -0.1) is 0 Å². The van der Waals surface area contributed by atoms with E-state index >= 15 is 0 Å². The minimum Gasteiger partial charge on any atom is -0.481 e. The lowest BCUT2D eigenvalue weighted by Gasteiger charge is -2.34. The fraction of sp³-hybridized carbons (Fsp3) is 0.500. The maximum absolute atomic E-state index is 10.2. The number of halogens is 1. The van der Waals surface area contributed by atoms with E-state index in [1.807, 2.05) is 24.4 Å². The summed E-state index contributed by atoms with van der Waals surface area (Å²) in [7, 11) is 1.61. The van der Waals surface area contributed by atoms with E-state index in [1.165, 1.54) is 0 Å². The Labute approximate surface area is 149 Å². The Morgan fingerprint density at radius 3 is 3.04 bits per heavy atom. The highest BCUT2D eigenvalue weighted by atomic mass is 127. The Hall–Kier alpha value is -1.03. The molecule has 0 aromatic carbocycles. The largest absolute Gasteiger partial charge is 0.481 e. The predicted octanol–water partition coefficient (Wildman–Crippen LogP) is 1.34. The summed E-state index contributed by atoms with van der Waals surface area (Å²) in [6, 6.07) is 5.74. The van der Waals surface area contributed by atoms with Gasteiger partial charge in [-0.25, -0.2) is 4.98 Å². The number of rotatable bonds is 5. The molecular formula is C16H21IN4O2. The molecule has 0 amide bonds. The van der Waals surface area contributed by atoms with Crippen LogP contribution in [0.2, 0.25) is 0 Å². The third-order valence-electron chi connectivity index (χ3n) is 4.50. The summed E-state index contributed by atoms with van der Waals surface area (Å²) in [5.74, 6) is 0.591. The van der Waals surface area contributed by atoms with Crippen LogP contribution < -0.4 is 10.5 Å². The molecule has 3 heterocycles. The first kappa shape index (κ1) is 16.8. The number of aliphatic hydroxyl groups is 1. The van der Waals surface area contributed by atoms with Gasteiger partial charge in [0.25, 0.3) is 0 Å². The normalized spacial score (nSPS) is 25.1. The Morgan fingerprint density at radius 1 is 1.48 bits per heavy atom. The summed E-state index contributed by atoms with van der Waals surface area (Å²) in [4.78, 5) is 11.2. The summed E-state index contributed by atoms with van der Waals surface area (Å²) in [5, 5.41) is 10.2. The van der Waals surface area contributed by atoms with Crippen molar-refractivity contribution < 1.29 is 9.84 Å². The second-order valence-electron chi connectivity index (χ2n) is 5.76. The average molecular weight is 428 g/mol. The van der Waals surface area contributed by atoms with E-state index in [-0.39, 0.29) is 9.65 Å². The molecule has 0 spiro atoms. The Balaban J connectivity index is 1.82. The second kappa shape index (κ2) is 6.84. The van der Waals surface area contributed by atoms with Crippen molar-refractivity contribution in [1.29, 1.82) is 0 Å². The van der Waals surface area contributed by atoms with Gasteiger partial charge in [0.05, 0.1) is 24.2 Å². The van der Waals surface area contributed by atoms with Crippen LogP contribution in [0.15, 0.2) is 24.4 Å². The zero-order chi connectivity index (χ0) is 16.4. The summed E-state index contributed by atoms with van der Waals surface area (Å²) >= 11 is 2.29. The molecule has 1 saturated heterocycles. The number of ether oxygens (including phenoxy) is 1. The van der Waals surface area contributed by atoms with Crippen molar-refractivity contribution in [3.05, 3.63) is 30.0 Å². The van der Waals surface area contributed by atoms with E-state index in [0.29, 0.717) is 12.4 Å². The summed E-state index contributed by atoms with van der Waals surface area (Å²) in [5.41, 5.74) is 8.77. The van der Waals surface area contributed by atoms with Gasteiger partial charge in [0.2, 0.25) is 5.88 Å². The lowest BCUT2D eigenvalue weighted by molar-refractivity contribution is 0.110. The first-order valence-corrected chi connectivity index (χ1v) is 8.77. The molecule has 0 saturated carbocycles. The summed E-state index contributed by atoms with van der Waals surface area (Å²) < 4.78 is 4.85. The zero-order valence-corrected chi connectivity index (χ0v) is 15.2. The molecule has 23 heavy (non-hydrogen) atoms. The highest BCUT2D eigenvalue weighted by Gasteiger charge is 2.44. The van der Waals surface area contributed by atoms with Gasteiger partial charge in [0.15, 0.2) is 0 Å². The van der Waals surface area contributed by atoms with Gasteiger partial charge in [-0.05, 0) is 30.5 Å². The van der Waals surface area contributed by atoms with Crippen molar-refractivity contribution in [1.82, 2.24) is 14.9 Å². The molecule has 124 valence electrons. The number of methoxy groups -OCH3 is 1. The number of hydrogen-bond acceptors (Lipinski definition) is 6. The van der Waals surface area contributed by atoms with Crippen LogP contribution in [0.3, 0.4) is 0 Å². The molecule has 3 N–H and O–H groups in total. The fourth-order valence-electron chi connectivity index (χ4n) is 3.09. The Kier molecular flexibility index (Phi) is 5.00. The van der Waals surface area contributed by atoms with Crippen LogP contribution >= 0.6 is 22.6 Å². The molecule has 3 rings (SSSR count). The molecule has 2 aromatic rings. The minimum atomic E-state index is -0.375. The Morgan fingerprint density at radius 2 is 2.30 bits per heavy atom. The van der Waals surface area contributed by atoms with Crippen LogP contribution in [0.4, 0.5) is 0 Å². The first-order chi connectivity index (χ1) is 11.1. The molecule has 2 unspecified atom stereocenters. The quantitative estimate of drug-likeness (QED) is 0.425. The van der Waals surface area contributed by atoms with Crippen LogP contribution in [0.25, 0.3) is 11.0 Å².